The zero-order valence-corrected chi connectivity index (χ0v) is 17.5. The average molecular weight is 420 g/mol. The number of anilines is 1. The summed E-state index contributed by atoms with van der Waals surface area (Å²) in [6.07, 6.45) is 2.51. The highest BCUT2D eigenvalue weighted by atomic mass is 35.5. The number of nitrogens with one attached hydrogen (secondary N) is 1. The van der Waals surface area contributed by atoms with Crippen LogP contribution in [0.5, 0.6) is 0 Å². The quantitative estimate of drug-likeness (QED) is 0.808. The summed E-state index contributed by atoms with van der Waals surface area (Å²) in [6, 6.07) is 9.45. The monoisotopic (exact) mass is 419 g/mol. The fourth-order valence-corrected chi connectivity index (χ4v) is 4.82. The summed E-state index contributed by atoms with van der Waals surface area (Å²) >= 11 is 12.1. The van der Waals surface area contributed by atoms with Crippen molar-refractivity contribution in [2.24, 2.45) is 5.92 Å². The van der Waals surface area contributed by atoms with Gasteiger partial charge >= 0.3 is 0 Å². The Morgan fingerprint density at radius 1 is 1.21 bits per heavy atom. The summed E-state index contributed by atoms with van der Waals surface area (Å²) in [4.78, 5) is 19.7. The molecule has 2 aromatic rings. The molecule has 5 nitrogen and oxygen atoms in total. The van der Waals surface area contributed by atoms with Crippen molar-refractivity contribution in [1.82, 2.24) is 9.88 Å². The lowest BCUT2D eigenvalue weighted by Gasteiger charge is -2.35. The van der Waals surface area contributed by atoms with Crippen molar-refractivity contribution in [2.75, 3.05) is 19.4 Å². The van der Waals surface area contributed by atoms with Crippen molar-refractivity contribution < 1.29 is 9.53 Å². The molecule has 0 unspecified atom stereocenters. The van der Waals surface area contributed by atoms with Crippen LogP contribution in [-0.2, 0) is 9.53 Å². The molecule has 0 aliphatic carbocycles. The van der Waals surface area contributed by atoms with Gasteiger partial charge in [-0.3, -0.25) is 9.78 Å². The molecule has 0 radical (unpaired) electrons. The molecule has 2 aliphatic rings. The van der Waals surface area contributed by atoms with E-state index >= 15 is 0 Å². The van der Waals surface area contributed by atoms with Crippen LogP contribution >= 0.6 is 23.2 Å². The number of hydrogen-bond donors (Lipinski definition) is 1. The van der Waals surface area contributed by atoms with Crippen LogP contribution in [0.2, 0.25) is 10.0 Å². The maximum Gasteiger partial charge on any atom is 0.230 e. The number of carbonyl (C=O) groups excluding carboxylic acids is 1. The van der Waals surface area contributed by atoms with E-state index in [9.17, 15) is 4.79 Å². The molecule has 1 aromatic carbocycles. The Bertz CT molecular complexity index is 905. The van der Waals surface area contributed by atoms with Crippen LogP contribution < -0.4 is 5.32 Å². The second-order valence-electron chi connectivity index (χ2n) is 7.81. The molecular formula is C21H23Cl2N3O2. The van der Waals surface area contributed by atoms with Crippen molar-refractivity contribution in [3.63, 3.8) is 0 Å². The van der Waals surface area contributed by atoms with Crippen molar-refractivity contribution in [3.8, 4) is 0 Å². The number of halogens is 2. The lowest BCUT2D eigenvalue weighted by atomic mass is 9.72. The Kier molecular flexibility index (Phi) is 5.36. The molecular weight excluding hydrogens is 397 g/mol. The number of aryl methyl sites for hydroxylation is 1. The third kappa shape index (κ3) is 3.52. The van der Waals surface area contributed by atoms with E-state index in [2.05, 4.69) is 35.4 Å². The van der Waals surface area contributed by atoms with Crippen LogP contribution in [0, 0.1) is 12.8 Å². The fourth-order valence-electron chi connectivity index (χ4n) is 4.52. The Morgan fingerprint density at radius 2 is 2.00 bits per heavy atom. The summed E-state index contributed by atoms with van der Waals surface area (Å²) in [5.74, 6) is -0.337. The highest BCUT2D eigenvalue weighted by Crippen LogP contribution is 2.50. The Balaban J connectivity index is 1.64. The van der Waals surface area contributed by atoms with Gasteiger partial charge in [-0.15, -0.1) is 0 Å². The lowest BCUT2D eigenvalue weighted by Crippen LogP contribution is -2.46. The first kappa shape index (κ1) is 19.6. The minimum atomic E-state index is -0.266. The van der Waals surface area contributed by atoms with Crippen LogP contribution in [0.4, 0.5) is 5.69 Å². The Labute approximate surface area is 175 Å². The molecule has 1 amide bonds. The van der Waals surface area contributed by atoms with Gasteiger partial charge in [0.1, 0.15) is 0 Å². The standard InChI is InChI=1S/C21H23Cl2N3O2/c1-11-8-12(6-7-24-11)18-19(17-10-16(26(2)3)20(18)28-17)21(27)25-13-4-5-14(22)15(23)9-13/h4-9,16-20H,10H2,1-3H3,(H,25,27)/t16-,17-,18-,19+,20+/m1/s1. The van der Waals surface area contributed by atoms with Crippen molar-refractivity contribution in [1.29, 1.82) is 0 Å². The number of likely N-dealkylation sites (N-methyl/N-ethyl adjacent to an activating group) is 1. The smallest absolute Gasteiger partial charge is 0.230 e. The number of ether oxygens (including phenoxy) is 1. The molecule has 2 aliphatic heterocycles. The van der Waals surface area contributed by atoms with Gasteiger partial charge in [-0.1, -0.05) is 23.2 Å². The first-order valence-corrected chi connectivity index (χ1v) is 10.1. The normalized spacial score (nSPS) is 28.7. The highest BCUT2D eigenvalue weighted by molar-refractivity contribution is 6.42. The summed E-state index contributed by atoms with van der Waals surface area (Å²) in [5.41, 5.74) is 2.67. The van der Waals surface area contributed by atoms with E-state index in [0.29, 0.717) is 15.7 Å². The third-order valence-corrected chi connectivity index (χ3v) is 6.52. The predicted molar refractivity (Wildman–Crippen MR) is 111 cm³/mol. The van der Waals surface area contributed by atoms with E-state index < -0.39 is 0 Å². The fraction of sp³-hybridized carbons (Fsp3) is 0.429. The summed E-state index contributed by atoms with van der Waals surface area (Å²) < 4.78 is 6.30. The van der Waals surface area contributed by atoms with Crippen molar-refractivity contribution in [3.05, 3.63) is 57.8 Å². The van der Waals surface area contributed by atoms with Crippen LogP contribution in [0.15, 0.2) is 36.5 Å². The van der Waals surface area contributed by atoms with Crippen molar-refractivity contribution in [2.45, 2.75) is 37.5 Å². The van der Waals surface area contributed by atoms with E-state index in [1.165, 1.54) is 0 Å². The summed E-state index contributed by atoms with van der Waals surface area (Å²) in [6.45, 7) is 1.96. The molecule has 2 saturated heterocycles. The number of carbonyl (C=O) groups is 1. The molecule has 4 rings (SSSR count). The minimum Gasteiger partial charge on any atom is -0.372 e. The van der Waals surface area contributed by atoms with Gasteiger partial charge < -0.3 is 15.0 Å². The van der Waals surface area contributed by atoms with Gasteiger partial charge in [0.2, 0.25) is 5.91 Å². The van der Waals surface area contributed by atoms with Gasteiger partial charge in [0.15, 0.2) is 0 Å². The maximum absolute atomic E-state index is 13.2. The molecule has 2 fully saturated rings. The zero-order chi connectivity index (χ0) is 20.0. The first-order chi connectivity index (χ1) is 13.3. The van der Waals surface area contributed by atoms with Gasteiger partial charge in [-0.05, 0) is 63.3 Å². The number of hydrogen-bond acceptors (Lipinski definition) is 4. The Hall–Kier alpha value is -1.66. The van der Waals surface area contributed by atoms with E-state index in [0.717, 1.165) is 17.7 Å². The number of fused-ring (bicyclic) bond motifs is 2. The number of aromatic nitrogens is 1. The second kappa shape index (κ2) is 7.64. The maximum atomic E-state index is 13.2. The van der Waals surface area contributed by atoms with Gasteiger partial charge in [-0.25, -0.2) is 0 Å². The summed E-state index contributed by atoms with van der Waals surface area (Å²) in [5, 5.41) is 3.88. The van der Waals surface area contributed by atoms with Gasteiger partial charge in [0.05, 0.1) is 28.2 Å². The van der Waals surface area contributed by atoms with Crippen molar-refractivity contribution >= 4 is 34.8 Å². The van der Waals surface area contributed by atoms with E-state index in [1.807, 2.05) is 13.0 Å². The summed E-state index contributed by atoms with van der Waals surface area (Å²) in [7, 11) is 4.13. The van der Waals surface area contributed by atoms with Crippen LogP contribution in [-0.4, -0.2) is 48.1 Å². The molecule has 5 atom stereocenters. The van der Waals surface area contributed by atoms with Crippen LogP contribution in [0.1, 0.15) is 23.6 Å². The number of rotatable bonds is 4. The van der Waals surface area contributed by atoms with Gasteiger partial charge in [0, 0.05) is 29.5 Å². The van der Waals surface area contributed by atoms with Gasteiger partial charge in [-0.2, -0.15) is 0 Å². The minimum absolute atomic E-state index is 0.0179. The number of nitrogens with zero attached hydrogens (tertiary/aromatic N) is 2. The number of benzene rings is 1. The topological polar surface area (TPSA) is 54.5 Å². The molecule has 7 heteroatoms. The van der Waals surface area contributed by atoms with Gasteiger partial charge in [0.25, 0.3) is 0 Å². The first-order valence-electron chi connectivity index (χ1n) is 9.35. The predicted octanol–water partition coefficient (Wildman–Crippen LogP) is 4.14. The molecule has 1 N–H and O–H groups in total. The lowest BCUT2D eigenvalue weighted by molar-refractivity contribution is -0.121. The molecule has 148 valence electrons. The molecule has 0 saturated carbocycles. The largest absolute Gasteiger partial charge is 0.372 e. The number of amides is 1. The third-order valence-electron chi connectivity index (χ3n) is 5.79. The molecule has 1 aromatic heterocycles. The van der Waals surface area contributed by atoms with Crippen LogP contribution in [0.3, 0.4) is 0 Å². The average Bonchev–Trinajstić information content (AvgIpc) is 3.23. The van der Waals surface area contributed by atoms with E-state index in [-0.39, 0.29) is 36.0 Å². The Morgan fingerprint density at radius 3 is 2.68 bits per heavy atom. The zero-order valence-electron chi connectivity index (χ0n) is 16.0. The molecule has 3 heterocycles. The molecule has 28 heavy (non-hydrogen) atoms. The molecule has 0 spiro atoms. The highest BCUT2D eigenvalue weighted by Gasteiger charge is 2.57. The SMILES string of the molecule is Cc1cc([C@H]2[C@H]3O[C@H](C[C@H]3N(C)C)[C@@H]2C(=O)Nc2ccc(Cl)c(Cl)c2)ccn1. The van der Waals surface area contributed by atoms with Crippen LogP contribution in [0.25, 0.3) is 0 Å². The number of pyridine rings is 1. The van der Waals surface area contributed by atoms with E-state index in [1.54, 1.807) is 24.4 Å². The second-order valence-corrected chi connectivity index (χ2v) is 8.62. The van der Waals surface area contributed by atoms with E-state index in [4.69, 9.17) is 27.9 Å². The molecule has 2 bridgehead atoms.